The summed E-state index contributed by atoms with van der Waals surface area (Å²) >= 11 is 0. The minimum absolute atomic E-state index is 0.196. The van der Waals surface area contributed by atoms with Crippen LogP contribution in [0.5, 0.6) is 0 Å². The maximum atomic E-state index is 14.1. The van der Waals surface area contributed by atoms with Gasteiger partial charge in [-0.05, 0) is 42.3 Å². The molecule has 0 saturated carbocycles. The van der Waals surface area contributed by atoms with Crippen LogP contribution in [0.2, 0.25) is 0 Å². The smallest absolute Gasteiger partial charge is 0.274 e. The standard InChI is InChI=1S/C21H16F2N6O/c1-12-8-18-24-6-4-19(30)29(18)27-21(12)28-7-5-16-14(11-28)9-13(10-25-16)15-2-3-17(22)26-20(15)23/h2-4,6,8-10H,5,7,11H2,1H3. The molecule has 9 heteroatoms. The van der Waals surface area contributed by atoms with Crippen LogP contribution in [-0.4, -0.2) is 31.1 Å². The SMILES string of the molecule is Cc1cc2nccc(=O)n2nc1N1CCc2ncc(-c3ccc(F)nc3F)cc2C1. The third kappa shape index (κ3) is 3.08. The van der Waals surface area contributed by atoms with E-state index < -0.39 is 11.9 Å². The molecule has 0 fully saturated rings. The van der Waals surface area contributed by atoms with Crippen LogP contribution in [0.1, 0.15) is 16.8 Å². The Labute approximate surface area is 169 Å². The quantitative estimate of drug-likeness (QED) is 0.477. The first-order chi connectivity index (χ1) is 14.5. The molecule has 0 aromatic carbocycles. The van der Waals surface area contributed by atoms with Crippen molar-refractivity contribution in [1.29, 1.82) is 0 Å². The lowest BCUT2D eigenvalue weighted by molar-refractivity contribution is 0.515. The van der Waals surface area contributed by atoms with Gasteiger partial charge >= 0.3 is 0 Å². The lowest BCUT2D eigenvalue weighted by Gasteiger charge is -2.30. The highest BCUT2D eigenvalue weighted by molar-refractivity contribution is 5.64. The van der Waals surface area contributed by atoms with Gasteiger partial charge in [-0.25, -0.2) is 4.98 Å². The van der Waals surface area contributed by atoms with Crippen LogP contribution in [0.15, 0.2) is 47.5 Å². The van der Waals surface area contributed by atoms with E-state index in [9.17, 15) is 13.6 Å². The maximum Gasteiger partial charge on any atom is 0.274 e. The van der Waals surface area contributed by atoms with Crippen LogP contribution in [-0.2, 0) is 13.0 Å². The zero-order valence-corrected chi connectivity index (χ0v) is 16.0. The first-order valence-corrected chi connectivity index (χ1v) is 9.40. The summed E-state index contributed by atoms with van der Waals surface area (Å²) < 4.78 is 28.5. The van der Waals surface area contributed by atoms with Gasteiger partial charge < -0.3 is 4.90 Å². The van der Waals surface area contributed by atoms with Gasteiger partial charge in [0.2, 0.25) is 11.9 Å². The molecule has 0 bridgehead atoms. The summed E-state index contributed by atoms with van der Waals surface area (Å²) in [5.41, 5.74) is 3.71. The minimum atomic E-state index is -0.872. The van der Waals surface area contributed by atoms with Crippen LogP contribution in [0.3, 0.4) is 0 Å². The Bertz CT molecular complexity index is 1350. The molecule has 0 saturated heterocycles. The molecule has 0 aliphatic carbocycles. The summed E-state index contributed by atoms with van der Waals surface area (Å²) in [7, 11) is 0. The second kappa shape index (κ2) is 6.94. The van der Waals surface area contributed by atoms with Gasteiger partial charge in [-0.3, -0.25) is 9.78 Å². The second-order valence-corrected chi connectivity index (χ2v) is 7.18. The average Bonchev–Trinajstić information content (AvgIpc) is 2.73. The highest BCUT2D eigenvalue weighted by atomic mass is 19.1. The Morgan fingerprint density at radius 1 is 1.10 bits per heavy atom. The molecule has 0 amide bonds. The van der Waals surface area contributed by atoms with Crippen molar-refractivity contribution in [1.82, 2.24) is 24.6 Å². The first-order valence-electron chi connectivity index (χ1n) is 9.40. The fourth-order valence-corrected chi connectivity index (χ4v) is 3.74. The maximum absolute atomic E-state index is 14.1. The number of fused-ring (bicyclic) bond motifs is 2. The molecule has 0 unspecified atom stereocenters. The topological polar surface area (TPSA) is 76.3 Å². The van der Waals surface area contributed by atoms with E-state index in [1.54, 1.807) is 6.20 Å². The van der Waals surface area contributed by atoms with E-state index in [4.69, 9.17) is 0 Å². The number of rotatable bonds is 2. The largest absolute Gasteiger partial charge is 0.350 e. The predicted octanol–water partition coefficient (Wildman–Crippen LogP) is 2.70. The van der Waals surface area contributed by atoms with Gasteiger partial charge in [0.25, 0.3) is 5.56 Å². The Hall–Kier alpha value is -3.75. The van der Waals surface area contributed by atoms with E-state index in [2.05, 4.69) is 25.0 Å². The van der Waals surface area contributed by atoms with Crippen molar-refractivity contribution < 1.29 is 8.78 Å². The first kappa shape index (κ1) is 18.3. The van der Waals surface area contributed by atoms with Crippen LogP contribution in [0.4, 0.5) is 14.6 Å². The van der Waals surface area contributed by atoms with E-state index in [0.717, 1.165) is 22.9 Å². The van der Waals surface area contributed by atoms with E-state index in [1.165, 1.54) is 22.8 Å². The molecule has 0 atom stereocenters. The van der Waals surface area contributed by atoms with Gasteiger partial charge in [0.15, 0.2) is 11.5 Å². The van der Waals surface area contributed by atoms with Gasteiger partial charge in [0.1, 0.15) is 0 Å². The summed E-state index contributed by atoms with van der Waals surface area (Å²) in [6.45, 7) is 3.10. The number of hydrogen-bond acceptors (Lipinski definition) is 6. The lowest BCUT2D eigenvalue weighted by Crippen LogP contribution is -2.33. The van der Waals surface area contributed by atoms with Crippen molar-refractivity contribution in [3.63, 3.8) is 0 Å². The Kier molecular flexibility index (Phi) is 4.23. The Morgan fingerprint density at radius 3 is 2.80 bits per heavy atom. The number of pyridine rings is 2. The van der Waals surface area contributed by atoms with Crippen molar-refractivity contribution >= 4 is 11.5 Å². The number of halogens is 2. The highest BCUT2D eigenvalue weighted by Gasteiger charge is 2.22. The van der Waals surface area contributed by atoms with Crippen LogP contribution in [0, 0.1) is 18.8 Å². The Morgan fingerprint density at radius 2 is 1.97 bits per heavy atom. The number of aryl methyl sites for hydroxylation is 1. The summed E-state index contributed by atoms with van der Waals surface area (Å²) in [6, 6.07) is 7.52. The molecule has 1 aliphatic heterocycles. The normalized spacial score (nSPS) is 13.5. The zero-order chi connectivity index (χ0) is 20.8. The number of nitrogens with zero attached hydrogens (tertiary/aromatic N) is 6. The van der Waals surface area contributed by atoms with Gasteiger partial charge in [0.05, 0.1) is 0 Å². The second-order valence-electron chi connectivity index (χ2n) is 7.18. The minimum Gasteiger partial charge on any atom is -0.350 e. The Balaban J connectivity index is 1.53. The molecule has 150 valence electrons. The van der Waals surface area contributed by atoms with Gasteiger partial charge in [-0.2, -0.15) is 18.3 Å². The average molecular weight is 406 g/mol. The van der Waals surface area contributed by atoms with Gasteiger partial charge in [0, 0.05) is 54.8 Å². The molecule has 0 spiro atoms. The van der Waals surface area contributed by atoms with Crippen molar-refractivity contribution in [2.45, 2.75) is 19.9 Å². The van der Waals surface area contributed by atoms with Crippen molar-refractivity contribution in [2.24, 2.45) is 0 Å². The number of aromatic nitrogens is 5. The fraction of sp³-hybridized carbons (Fsp3) is 0.190. The van der Waals surface area contributed by atoms with Crippen molar-refractivity contribution in [3.8, 4) is 11.1 Å². The summed E-state index contributed by atoms with van der Waals surface area (Å²) in [6.07, 6.45) is 3.73. The number of anilines is 1. The molecule has 0 N–H and O–H groups in total. The molecule has 1 aliphatic rings. The monoisotopic (exact) mass is 406 g/mol. The van der Waals surface area contributed by atoms with Crippen molar-refractivity contribution in [2.75, 3.05) is 11.4 Å². The molecule has 30 heavy (non-hydrogen) atoms. The molecule has 4 aromatic heterocycles. The molecule has 4 aromatic rings. The fourth-order valence-electron chi connectivity index (χ4n) is 3.74. The van der Waals surface area contributed by atoms with E-state index >= 15 is 0 Å². The third-order valence-corrected chi connectivity index (χ3v) is 5.21. The number of hydrogen-bond donors (Lipinski definition) is 0. The van der Waals surface area contributed by atoms with Crippen LogP contribution < -0.4 is 10.5 Å². The van der Waals surface area contributed by atoms with E-state index in [0.29, 0.717) is 36.5 Å². The van der Waals surface area contributed by atoms with Crippen molar-refractivity contribution in [3.05, 3.63) is 81.8 Å². The molecule has 0 radical (unpaired) electrons. The zero-order valence-electron chi connectivity index (χ0n) is 16.0. The molecular weight excluding hydrogens is 390 g/mol. The molecular formula is C21H16F2N6O. The molecule has 5 rings (SSSR count). The van der Waals surface area contributed by atoms with Crippen LogP contribution >= 0.6 is 0 Å². The molecule has 5 heterocycles. The predicted molar refractivity (Wildman–Crippen MR) is 106 cm³/mol. The van der Waals surface area contributed by atoms with Gasteiger partial charge in [-0.15, -0.1) is 5.10 Å². The third-order valence-electron chi connectivity index (χ3n) is 5.21. The lowest BCUT2D eigenvalue weighted by atomic mass is 10.0. The van der Waals surface area contributed by atoms with E-state index in [-0.39, 0.29) is 11.1 Å². The van der Waals surface area contributed by atoms with E-state index in [1.807, 2.05) is 19.1 Å². The summed E-state index contributed by atoms with van der Waals surface area (Å²) in [5.74, 6) is -1.05. The highest BCUT2D eigenvalue weighted by Crippen LogP contribution is 2.28. The van der Waals surface area contributed by atoms with Gasteiger partial charge in [-0.1, -0.05) is 0 Å². The van der Waals surface area contributed by atoms with Crippen LogP contribution in [0.25, 0.3) is 16.8 Å². The molecule has 7 nitrogen and oxygen atoms in total. The summed E-state index contributed by atoms with van der Waals surface area (Å²) in [4.78, 5) is 26.1. The summed E-state index contributed by atoms with van der Waals surface area (Å²) in [5, 5.41) is 4.51.